The van der Waals surface area contributed by atoms with E-state index < -0.39 is 0 Å². The lowest BCUT2D eigenvalue weighted by Crippen LogP contribution is -2.31. The van der Waals surface area contributed by atoms with Crippen LogP contribution in [0.25, 0.3) is 0 Å². The van der Waals surface area contributed by atoms with Gasteiger partial charge in [0.25, 0.3) is 0 Å². The second-order valence-electron chi connectivity index (χ2n) is 6.88. The summed E-state index contributed by atoms with van der Waals surface area (Å²) in [6.45, 7) is 10.3. The van der Waals surface area contributed by atoms with Gasteiger partial charge in [0.2, 0.25) is 11.8 Å². The average Bonchev–Trinajstić information content (AvgIpc) is 2.81. The molecule has 1 saturated heterocycles. The Hall–Kier alpha value is -2.10. The Bertz CT molecular complexity index is 654. The number of allylic oxidation sites excluding steroid dienone is 2. The maximum Gasteiger partial charge on any atom is 0.238 e. The minimum absolute atomic E-state index is 0.0348. The van der Waals surface area contributed by atoms with Crippen molar-refractivity contribution >= 4 is 23.2 Å². The normalized spacial score (nSPS) is 23.8. The molecule has 128 valence electrons. The zero-order valence-corrected chi connectivity index (χ0v) is 15.0. The topological polar surface area (TPSA) is 40.6 Å². The molecule has 0 saturated carbocycles. The molecule has 4 nitrogen and oxygen atoms in total. The molecule has 1 aliphatic heterocycles. The Labute approximate surface area is 144 Å². The predicted molar refractivity (Wildman–Crippen MR) is 97.1 cm³/mol. The molecule has 0 N–H and O–H groups in total. The van der Waals surface area contributed by atoms with E-state index in [0.29, 0.717) is 5.69 Å². The number of imide groups is 1. The lowest BCUT2D eigenvalue weighted by atomic mass is 9.78. The van der Waals surface area contributed by atoms with Gasteiger partial charge in [-0.1, -0.05) is 11.1 Å². The largest absolute Gasteiger partial charge is 0.372 e. The van der Waals surface area contributed by atoms with E-state index in [0.717, 1.165) is 31.6 Å². The molecule has 2 unspecified atom stereocenters. The molecule has 4 heteroatoms. The number of nitrogens with zero attached hydrogens (tertiary/aromatic N) is 2. The molecule has 1 heterocycles. The van der Waals surface area contributed by atoms with Crippen molar-refractivity contribution in [1.82, 2.24) is 0 Å². The molecule has 1 aromatic rings. The van der Waals surface area contributed by atoms with Crippen molar-refractivity contribution in [2.75, 3.05) is 22.9 Å². The number of amides is 2. The monoisotopic (exact) mass is 326 g/mol. The molecule has 3 rings (SSSR count). The smallest absolute Gasteiger partial charge is 0.238 e. The van der Waals surface area contributed by atoms with Gasteiger partial charge >= 0.3 is 0 Å². The van der Waals surface area contributed by atoms with Gasteiger partial charge in [-0.25, -0.2) is 0 Å². The van der Waals surface area contributed by atoms with E-state index in [4.69, 9.17) is 0 Å². The molecule has 0 aromatic heterocycles. The van der Waals surface area contributed by atoms with Gasteiger partial charge in [-0.2, -0.15) is 0 Å². The van der Waals surface area contributed by atoms with Gasteiger partial charge < -0.3 is 4.90 Å². The molecular weight excluding hydrogens is 300 g/mol. The van der Waals surface area contributed by atoms with Crippen molar-refractivity contribution in [1.29, 1.82) is 0 Å². The average molecular weight is 326 g/mol. The van der Waals surface area contributed by atoms with Crippen molar-refractivity contribution < 1.29 is 9.59 Å². The van der Waals surface area contributed by atoms with Crippen LogP contribution in [0.2, 0.25) is 0 Å². The van der Waals surface area contributed by atoms with Crippen LogP contribution in [0.1, 0.15) is 40.5 Å². The van der Waals surface area contributed by atoms with E-state index in [1.54, 1.807) is 0 Å². The molecule has 2 amide bonds. The first-order valence-corrected chi connectivity index (χ1v) is 8.85. The van der Waals surface area contributed by atoms with E-state index >= 15 is 0 Å². The summed E-state index contributed by atoms with van der Waals surface area (Å²) in [6.07, 6.45) is 1.43. The van der Waals surface area contributed by atoms with Gasteiger partial charge in [0.15, 0.2) is 0 Å². The first kappa shape index (κ1) is 16.7. The van der Waals surface area contributed by atoms with E-state index in [1.807, 2.05) is 24.3 Å². The molecule has 1 fully saturated rings. The predicted octanol–water partition coefficient (Wildman–Crippen LogP) is 3.77. The number of hydrogen-bond acceptors (Lipinski definition) is 3. The maximum absolute atomic E-state index is 12.8. The highest BCUT2D eigenvalue weighted by Crippen LogP contribution is 2.42. The van der Waals surface area contributed by atoms with Crippen LogP contribution in [0.3, 0.4) is 0 Å². The van der Waals surface area contributed by atoms with E-state index in [1.165, 1.54) is 16.0 Å². The Morgan fingerprint density at radius 1 is 0.917 bits per heavy atom. The summed E-state index contributed by atoms with van der Waals surface area (Å²) in [5.74, 6) is -0.424. The van der Waals surface area contributed by atoms with Crippen molar-refractivity contribution in [2.24, 2.45) is 11.8 Å². The minimum Gasteiger partial charge on any atom is -0.372 e. The van der Waals surface area contributed by atoms with Gasteiger partial charge in [0, 0.05) is 18.8 Å². The van der Waals surface area contributed by atoms with E-state index in [9.17, 15) is 9.59 Å². The van der Waals surface area contributed by atoms with Gasteiger partial charge in [0.05, 0.1) is 17.5 Å². The van der Waals surface area contributed by atoms with Crippen LogP contribution in [-0.4, -0.2) is 24.9 Å². The number of benzene rings is 1. The van der Waals surface area contributed by atoms with Crippen LogP contribution < -0.4 is 9.80 Å². The maximum atomic E-state index is 12.8. The van der Waals surface area contributed by atoms with Crippen molar-refractivity contribution in [3.8, 4) is 0 Å². The quantitative estimate of drug-likeness (QED) is 0.625. The second kappa shape index (κ2) is 6.42. The zero-order valence-electron chi connectivity index (χ0n) is 15.0. The fourth-order valence-electron chi connectivity index (χ4n) is 3.91. The summed E-state index contributed by atoms with van der Waals surface area (Å²) in [4.78, 5) is 29.3. The molecule has 24 heavy (non-hydrogen) atoms. The fourth-order valence-corrected chi connectivity index (χ4v) is 3.91. The van der Waals surface area contributed by atoms with E-state index in [2.05, 4.69) is 32.6 Å². The highest BCUT2D eigenvalue weighted by atomic mass is 16.2. The first-order chi connectivity index (χ1) is 11.5. The zero-order chi connectivity index (χ0) is 17.4. The standard InChI is InChI=1S/C20H26N2O2/c1-5-21(6-2)15-7-9-16(10-8-15)22-19(23)17-11-13(3)14(4)12-18(17)20(22)24/h7-10,17-18H,5-6,11-12H2,1-4H3. The van der Waals surface area contributed by atoms with Crippen LogP contribution in [0.5, 0.6) is 0 Å². The third-order valence-electron chi connectivity index (χ3n) is 5.58. The summed E-state index contributed by atoms with van der Waals surface area (Å²) in [6, 6.07) is 7.79. The highest BCUT2D eigenvalue weighted by Gasteiger charge is 2.49. The number of fused-ring (bicyclic) bond motifs is 1. The SMILES string of the molecule is CCN(CC)c1ccc(N2C(=O)C3CC(C)=C(C)CC3C2=O)cc1. The lowest BCUT2D eigenvalue weighted by Gasteiger charge is -2.23. The molecule has 0 radical (unpaired) electrons. The van der Waals surface area contributed by atoms with Crippen LogP contribution in [0.15, 0.2) is 35.4 Å². The molecule has 2 atom stereocenters. The van der Waals surface area contributed by atoms with Gasteiger partial charge in [-0.05, 0) is 64.8 Å². The van der Waals surface area contributed by atoms with Crippen LogP contribution in [-0.2, 0) is 9.59 Å². The Kier molecular flexibility index (Phi) is 4.48. The van der Waals surface area contributed by atoms with Gasteiger partial charge in [-0.3, -0.25) is 14.5 Å². The number of anilines is 2. The van der Waals surface area contributed by atoms with Gasteiger partial charge in [-0.15, -0.1) is 0 Å². The molecule has 2 aliphatic rings. The number of carbonyl (C=O) groups excluding carboxylic acids is 2. The number of rotatable bonds is 4. The van der Waals surface area contributed by atoms with E-state index in [-0.39, 0.29) is 23.7 Å². The second-order valence-corrected chi connectivity index (χ2v) is 6.88. The first-order valence-electron chi connectivity index (χ1n) is 8.85. The molecule has 0 bridgehead atoms. The Morgan fingerprint density at radius 3 is 1.79 bits per heavy atom. The highest BCUT2D eigenvalue weighted by molar-refractivity contribution is 6.22. The summed E-state index contributed by atoms with van der Waals surface area (Å²) >= 11 is 0. The molecular formula is C20H26N2O2. The molecule has 0 spiro atoms. The molecule has 1 aliphatic carbocycles. The summed E-state index contributed by atoms with van der Waals surface area (Å²) < 4.78 is 0. The van der Waals surface area contributed by atoms with Gasteiger partial charge in [0.1, 0.15) is 0 Å². The summed E-state index contributed by atoms with van der Waals surface area (Å²) in [7, 11) is 0. The minimum atomic E-state index is -0.177. The van der Waals surface area contributed by atoms with Crippen LogP contribution in [0, 0.1) is 11.8 Å². The van der Waals surface area contributed by atoms with Crippen molar-refractivity contribution in [2.45, 2.75) is 40.5 Å². The fraction of sp³-hybridized carbons (Fsp3) is 0.500. The number of hydrogen-bond donors (Lipinski definition) is 0. The summed E-state index contributed by atoms with van der Waals surface area (Å²) in [5.41, 5.74) is 4.34. The Balaban J connectivity index is 1.86. The number of carbonyl (C=O) groups is 2. The van der Waals surface area contributed by atoms with Crippen LogP contribution >= 0.6 is 0 Å². The van der Waals surface area contributed by atoms with Crippen LogP contribution in [0.4, 0.5) is 11.4 Å². The Morgan fingerprint density at radius 2 is 1.38 bits per heavy atom. The molecule has 1 aromatic carbocycles. The third kappa shape index (κ3) is 2.64. The van der Waals surface area contributed by atoms with Crippen molar-refractivity contribution in [3.63, 3.8) is 0 Å². The van der Waals surface area contributed by atoms with Crippen molar-refractivity contribution in [3.05, 3.63) is 35.4 Å². The lowest BCUT2D eigenvalue weighted by molar-refractivity contribution is -0.122. The summed E-state index contributed by atoms with van der Waals surface area (Å²) in [5, 5.41) is 0. The third-order valence-corrected chi connectivity index (χ3v) is 5.58.